The SMILES string of the molecule is CC(C)(O)c1cccc2c1ccn2-c1ccnc(NC2CCC(N3CCCS3(=O)=O)CC2)n1. The van der Waals surface area contributed by atoms with Gasteiger partial charge in [-0.25, -0.2) is 13.4 Å². The number of fused-ring (bicyclic) bond motifs is 1. The zero-order valence-corrected chi connectivity index (χ0v) is 19.9. The summed E-state index contributed by atoms with van der Waals surface area (Å²) in [4.78, 5) is 9.16. The number of hydrogen-bond donors (Lipinski definition) is 2. The second kappa shape index (κ2) is 8.38. The summed E-state index contributed by atoms with van der Waals surface area (Å²) < 4.78 is 28.2. The van der Waals surface area contributed by atoms with Gasteiger partial charge in [0.25, 0.3) is 0 Å². The minimum absolute atomic E-state index is 0.124. The van der Waals surface area contributed by atoms with E-state index in [2.05, 4.69) is 10.3 Å². The largest absolute Gasteiger partial charge is 0.386 e. The number of anilines is 1. The highest BCUT2D eigenvalue weighted by Crippen LogP contribution is 2.31. The maximum absolute atomic E-state index is 12.2. The van der Waals surface area contributed by atoms with E-state index in [1.54, 1.807) is 24.3 Å². The molecule has 3 aromatic rings. The predicted molar refractivity (Wildman–Crippen MR) is 129 cm³/mol. The number of nitrogens with zero attached hydrogens (tertiary/aromatic N) is 4. The number of aliphatic hydroxyl groups is 1. The predicted octanol–water partition coefficient (Wildman–Crippen LogP) is 3.41. The number of benzene rings is 1. The third-order valence-electron chi connectivity index (χ3n) is 6.86. The zero-order chi connectivity index (χ0) is 23.2. The van der Waals surface area contributed by atoms with Crippen molar-refractivity contribution in [2.24, 2.45) is 0 Å². The van der Waals surface area contributed by atoms with Gasteiger partial charge in [0.05, 0.1) is 16.9 Å². The number of rotatable bonds is 5. The van der Waals surface area contributed by atoms with Crippen LogP contribution in [0.15, 0.2) is 42.7 Å². The molecule has 2 N–H and O–H groups in total. The molecule has 0 unspecified atom stereocenters. The van der Waals surface area contributed by atoms with Crippen molar-refractivity contribution in [2.45, 2.75) is 63.6 Å². The van der Waals surface area contributed by atoms with Crippen LogP contribution in [0.4, 0.5) is 5.95 Å². The molecular formula is C24H31N5O3S. The highest BCUT2D eigenvalue weighted by Gasteiger charge is 2.36. The lowest BCUT2D eigenvalue weighted by Crippen LogP contribution is -2.41. The van der Waals surface area contributed by atoms with Crippen LogP contribution in [-0.4, -0.2) is 56.7 Å². The van der Waals surface area contributed by atoms with Gasteiger partial charge in [0.2, 0.25) is 16.0 Å². The summed E-state index contributed by atoms with van der Waals surface area (Å²) in [7, 11) is -3.05. The first kappa shape index (κ1) is 22.3. The second-order valence-corrected chi connectivity index (χ2v) is 11.7. The third-order valence-corrected chi connectivity index (χ3v) is 8.85. The van der Waals surface area contributed by atoms with Crippen molar-refractivity contribution in [1.29, 1.82) is 0 Å². The summed E-state index contributed by atoms with van der Waals surface area (Å²) in [6.07, 6.45) is 7.97. The standard InChI is InChI=1S/C24H31N5O3S/c1-24(2,30)20-5-3-6-21-19(20)12-15-28(21)22-11-13-25-23(27-22)26-17-7-9-18(10-8-17)29-14-4-16-33(29,31)32/h3,5-6,11-13,15,17-18,30H,4,7-10,14,16H2,1-2H3,(H,25,26,27). The molecule has 0 atom stereocenters. The van der Waals surface area contributed by atoms with Crippen molar-refractivity contribution in [2.75, 3.05) is 17.6 Å². The van der Waals surface area contributed by atoms with E-state index in [9.17, 15) is 13.5 Å². The molecule has 0 amide bonds. The molecule has 1 aromatic carbocycles. The molecule has 5 rings (SSSR count). The van der Waals surface area contributed by atoms with E-state index in [-0.39, 0.29) is 17.8 Å². The average molecular weight is 470 g/mol. The summed E-state index contributed by atoms with van der Waals surface area (Å²) in [5, 5.41) is 15.0. The highest BCUT2D eigenvalue weighted by molar-refractivity contribution is 7.89. The summed E-state index contributed by atoms with van der Waals surface area (Å²) in [6.45, 7) is 4.25. The van der Waals surface area contributed by atoms with E-state index < -0.39 is 15.6 Å². The Morgan fingerprint density at radius 3 is 2.61 bits per heavy atom. The molecule has 9 heteroatoms. The van der Waals surface area contributed by atoms with E-state index in [0.717, 1.165) is 54.4 Å². The highest BCUT2D eigenvalue weighted by atomic mass is 32.2. The van der Waals surface area contributed by atoms with Crippen molar-refractivity contribution in [3.8, 4) is 5.82 Å². The van der Waals surface area contributed by atoms with Crippen molar-refractivity contribution in [1.82, 2.24) is 18.8 Å². The fourth-order valence-corrected chi connectivity index (χ4v) is 7.01. The Labute approximate surface area is 194 Å². The maximum Gasteiger partial charge on any atom is 0.224 e. The van der Waals surface area contributed by atoms with E-state index in [1.807, 2.05) is 41.1 Å². The van der Waals surface area contributed by atoms with Crippen LogP contribution < -0.4 is 5.32 Å². The average Bonchev–Trinajstić information content (AvgIpc) is 3.36. The van der Waals surface area contributed by atoms with Crippen LogP contribution in [0, 0.1) is 0 Å². The molecule has 8 nitrogen and oxygen atoms in total. The summed E-state index contributed by atoms with van der Waals surface area (Å²) in [6, 6.07) is 10.1. The van der Waals surface area contributed by atoms with Crippen molar-refractivity contribution in [3.05, 3.63) is 48.3 Å². The fourth-order valence-electron chi connectivity index (χ4n) is 5.21. The molecule has 1 saturated heterocycles. The maximum atomic E-state index is 12.2. The lowest BCUT2D eigenvalue weighted by atomic mass is 9.91. The van der Waals surface area contributed by atoms with E-state index >= 15 is 0 Å². The van der Waals surface area contributed by atoms with Crippen molar-refractivity contribution < 1.29 is 13.5 Å². The quantitative estimate of drug-likeness (QED) is 0.594. The van der Waals surface area contributed by atoms with Gasteiger partial charge in [-0.1, -0.05) is 12.1 Å². The number of sulfonamides is 1. The topological polar surface area (TPSA) is 100 Å². The fraction of sp³-hybridized carbons (Fsp3) is 0.500. The molecule has 0 radical (unpaired) electrons. The Bertz CT molecular complexity index is 1260. The van der Waals surface area contributed by atoms with Crippen LogP contribution >= 0.6 is 0 Å². The molecule has 0 spiro atoms. The van der Waals surface area contributed by atoms with Crippen LogP contribution in [0.5, 0.6) is 0 Å². The summed E-state index contributed by atoms with van der Waals surface area (Å²) in [5.41, 5.74) is 0.923. The lowest BCUT2D eigenvalue weighted by molar-refractivity contribution is 0.0802. The molecule has 2 aromatic heterocycles. The van der Waals surface area contributed by atoms with Gasteiger partial charge in [0.1, 0.15) is 5.82 Å². The van der Waals surface area contributed by atoms with Crippen LogP contribution in [0.2, 0.25) is 0 Å². The summed E-state index contributed by atoms with van der Waals surface area (Å²) in [5.74, 6) is 1.62. The first-order valence-corrected chi connectivity index (χ1v) is 13.3. The molecular weight excluding hydrogens is 438 g/mol. The van der Waals surface area contributed by atoms with Gasteiger partial charge < -0.3 is 15.0 Å². The van der Waals surface area contributed by atoms with Gasteiger partial charge in [-0.2, -0.15) is 9.29 Å². The normalized spacial score (nSPS) is 23.7. The zero-order valence-electron chi connectivity index (χ0n) is 19.1. The van der Waals surface area contributed by atoms with Crippen LogP contribution in [0.3, 0.4) is 0 Å². The Morgan fingerprint density at radius 2 is 1.91 bits per heavy atom. The molecule has 1 saturated carbocycles. The second-order valence-electron chi connectivity index (χ2n) is 9.65. The van der Waals surface area contributed by atoms with Crippen molar-refractivity contribution >= 4 is 26.9 Å². The minimum Gasteiger partial charge on any atom is -0.386 e. The van der Waals surface area contributed by atoms with Gasteiger partial charge >= 0.3 is 0 Å². The monoisotopic (exact) mass is 469 g/mol. The first-order chi connectivity index (χ1) is 15.7. The molecule has 1 aliphatic carbocycles. The smallest absolute Gasteiger partial charge is 0.224 e. The summed E-state index contributed by atoms with van der Waals surface area (Å²) >= 11 is 0. The number of hydrogen-bond acceptors (Lipinski definition) is 6. The number of nitrogens with one attached hydrogen (secondary N) is 1. The van der Waals surface area contributed by atoms with Gasteiger partial charge in [-0.05, 0) is 69.7 Å². The van der Waals surface area contributed by atoms with Crippen molar-refractivity contribution in [3.63, 3.8) is 0 Å². The Balaban J connectivity index is 1.31. The Hall–Kier alpha value is -2.49. The van der Waals surface area contributed by atoms with Gasteiger partial charge in [0.15, 0.2) is 0 Å². The van der Waals surface area contributed by atoms with Crippen LogP contribution in [0.25, 0.3) is 16.7 Å². The van der Waals surface area contributed by atoms with E-state index in [1.165, 1.54) is 0 Å². The molecule has 176 valence electrons. The Morgan fingerprint density at radius 1 is 1.12 bits per heavy atom. The third kappa shape index (κ3) is 4.37. The molecule has 2 fully saturated rings. The first-order valence-electron chi connectivity index (χ1n) is 11.6. The Kier molecular flexibility index (Phi) is 5.66. The molecule has 33 heavy (non-hydrogen) atoms. The lowest BCUT2D eigenvalue weighted by Gasteiger charge is -2.33. The molecule has 3 heterocycles. The van der Waals surface area contributed by atoms with Gasteiger partial charge in [0, 0.05) is 36.4 Å². The molecule has 1 aliphatic heterocycles. The van der Waals surface area contributed by atoms with Gasteiger partial charge in [-0.15, -0.1) is 0 Å². The van der Waals surface area contributed by atoms with Gasteiger partial charge in [-0.3, -0.25) is 0 Å². The van der Waals surface area contributed by atoms with E-state index in [0.29, 0.717) is 12.5 Å². The minimum atomic E-state index is -3.05. The molecule has 2 aliphatic rings. The van der Waals surface area contributed by atoms with Crippen LogP contribution in [0.1, 0.15) is 51.5 Å². The molecule has 0 bridgehead atoms. The van der Waals surface area contributed by atoms with E-state index in [4.69, 9.17) is 4.98 Å². The van der Waals surface area contributed by atoms with Crippen LogP contribution in [-0.2, 0) is 15.6 Å². The number of aromatic nitrogens is 3.